The number of ether oxygens (including phenoxy) is 1. The van der Waals surface area contributed by atoms with Crippen molar-refractivity contribution in [1.29, 1.82) is 0 Å². The van der Waals surface area contributed by atoms with Crippen LogP contribution in [0.15, 0.2) is 29.8 Å². The average Bonchev–Trinajstić information content (AvgIpc) is 2.38. The predicted molar refractivity (Wildman–Crippen MR) is 85.0 cm³/mol. The second-order valence-corrected chi connectivity index (χ2v) is 5.68. The van der Waals surface area contributed by atoms with Crippen molar-refractivity contribution in [3.63, 3.8) is 0 Å². The molecular formula is C17H27NO2. The van der Waals surface area contributed by atoms with Gasteiger partial charge in [0, 0.05) is 13.1 Å². The number of hydrogen-bond acceptors (Lipinski definition) is 3. The highest BCUT2D eigenvalue weighted by molar-refractivity contribution is 5.53. The van der Waals surface area contributed by atoms with E-state index >= 15 is 0 Å². The Hall–Kier alpha value is -1.32. The number of benzene rings is 1. The molecule has 2 N–H and O–H groups in total. The first kappa shape index (κ1) is 16.7. The lowest BCUT2D eigenvalue weighted by molar-refractivity contribution is 0.147. The second-order valence-electron chi connectivity index (χ2n) is 5.68. The first-order valence-electron chi connectivity index (χ1n) is 7.21. The van der Waals surface area contributed by atoms with E-state index in [1.807, 2.05) is 24.3 Å². The molecule has 0 bridgehead atoms. The van der Waals surface area contributed by atoms with Gasteiger partial charge >= 0.3 is 0 Å². The van der Waals surface area contributed by atoms with Crippen LogP contribution in [0.3, 0.4) is 0 Å². The van der Waals surface area contributed by atoms with Crippen LogP contribution in [0, 0.1) is 5.92 Å². The van der Waals surface area contributed by atoms with Crippen LogP contribution in [0.4, 0.5) is 0 Å². The van der Waals surface area contributed by atoms with Crippen molar-refractivity contribution >= 4 is 6.08 Å². The molecule has 0 heterocycles. The van der Waals surface area contributed by atoms with Crippen molar-refractivity contribution in [3.05, 3.63) is 35.4 Å². The number of nitrogens with one attached hydrogen (secondary N) is 1. The first-order chi connectivity index (χ1) is 9.51. The summed E-state index contributed by atoms with van der Waals surface area (Å²) in [5.41, 5.74) is 2.40. The fraction of sp³-hybridized carbons (Fsp3) is 0.529. The molecule has 0 aliphatic heterocycles. The van der Waals surface area contributed by atoms with Crippen molar-refractivity contribution in [2.75, 3.05) is 20.2 Å². The molecular weight excluding hydrogens is 250 g/mol. The summed E-state index contributed by atoms with van der Waals surface area (Å²) in [6.45, 7) is 7.77. The van der Waals surface area contributed by atoms with Gasteiger partial charge in [-0.15, -0.1) is 0 Å². The zero-order valence-corrected chi connectivity index (χ0v) is 13.0. The molecule has 1 rings (SSSR count). The molecule has 3 nitrogen and oxygen atoms in total. The van der Waals surface area contributed by atoms with Crippen molar-refractivity contribution in [2.45, 2.75) is 33.3 Å². The molecule has 1 unspecified atom stereocenters. The Morgan fingerprint density at radius 1 is 1.30 bits per heavy atom. The zero-order chi connectivity index (χ0) is 15.0. The summed E-state index contributed by atoms with van der Waals surface area (Å²) in [5, 5.41) is 13.1. The van der Waals surface area contributed by atoms with Crippen LogP contribution >= 0.6 is 0 Å². The molecule has 0 aromatic heterocycles. The summed E-state index contributed by atoms with van der Waals surface area (Å²) >= 11 is 0. The minimum absolute atomic E-state index is 0.260. The molecule has 1 aromatic rings. The predicted octanol–water partition coefficient (Wildman–Crippen LogP) is 3.10. The van der Waals surface area contributed by atoms with Crippen LogP contribution in [-0.2, 0) is 0 Å². The van der Waals surface area contributed by atoms with Gasteiger partial charge in [-0.1, -0.05) is 37.6 Å². The smallest absolute Gasteiger partial charge is 0.118 e. The number of aliphatic hydroxyl groups is 1. The summed E-state index contributed by atoms with van der Waals surface area (Å²) in [7, 11) is 1.67. The van der Waals surface area contributed by atoms with Gasteiger partial charge in [-0.2, -0.15) is 0 Å². The Bertz CT molecular complexity index is 410. The van der Waals surface area contributed by atoms with Crippen molar-refractivity contribution < 1.29 is 9.84 Å². The molecule has 3 heteroatoms. The lowest BCUT2D eigenvalue weighted by atomic mass is 10.1. The quantitative estimate of drug-likeness (QED) is 0.767. The van der Waals surface area contributed by atoms with Gasteiger partial charge in [0.1, 0.15) is 5.75 Å². The minimum atomic E-state index is -0.260. The van der Waals surface area contributed by atoms with E-state index in [4.69, 9.17) is 4.74 Å². The van der Waals surface area contributed by atoms with Crippen LogP contribution in [0.5, 0.6) is 5.75 Å². The van der Waals surface area contributed by atoms with Crippen LogP contribution in [0.25, 0.3) is 6.08 Å². The van der Waals surface area contributed by atoms with E-state index < -0.39 is 0 Å². The van der Waals surface area contributed by atoms with E-state index in [2.05, 4.69) is 32.2 Å². The van der Waals surface area contributed by atoms with E-state index in [1.54, 1.807) is 7.11 Å². The van der Waals surface area contributed by atoms with Gasteiger partial charge in [0.15, 0.2) is 0 Å². The number of aliphatic hydroxyl groups excluding tert-OH is 1. The van der Waals surface area contributed by atoms with Crippen LogP contribution in [0.1, 0.15) is 32.8 Å². The van der Waals surface area contributed by atoms with Crippen LogP contribution in [0.2, 0.25) is 0 Å². The SMILES string of the molecule is COc1ccc(/C=C(/C)CNCC(O)CC(C)C)cc1. The molecule has 1 aromatic carbocycles. The molecule has 1 atom stereocenters. The standard InChI is InChI=1S/C17H27NO2/c1-13(2)9-16(19)12-18-11-14(3)10-15-5-7-17(20-4)8-6-15/h5-8,10,13,16,18-19H,9,11-12H2,1-4H3/b14-10-. The molecule has 20 heavy (non-hydrogen) atoms. The zero-order valence-electron chi connectivity index (χ0n) is 13.0. The lowest BCUT2D eigenvalue weighted by Gasteiger charge is -2.14. The summed E-state index contributed by atoms with van der Waals surface area (Å²) < 4.78 is 5.14. The molecule has 0 aliphatic carbocycles. The molecule has 0 aliphatic rings. The van der Waals surface area contributed by atoms with Crippen LogP contribution in [-0.4, -0.2) is 31.4 Å². The molecule has 0 amide bonds. The number of rotatable bonds is 8. The highest BCUT2D eigenvalue weighted by Gasteiger charge is 2.05. The first-order valence-corrected chi connectivity index (χ1v) is 7.21. The average molecular weight is 277 g/mol. The maximum Gasteiger partial charge on any atom is 0.118 e. The maximum atomic E-state index is 9.78. The van der Waals surface area contributed by atoms with Gasteiger partial charge in [0.2, 0.25) is 0 Å². The van der Waals surface area contributed by atoms with Crippen molar-refractivity contribution in [3.8, 4) is 5.75 Å². The third-order valence-electron chi connectivity index (χ3n) is 3.06. The maximum absolute atomic E-state index is 9.78. The fourth-order valence-corrected chi connectivity index (χ4v) is 2.10. The van der Waals surface area contributed by atoms with E-state index in [-0.39, 0.29) is 6.10 Å². The molecule has 0 saturated carbocycles. The molecule has 112 valence electrons. The molecule has 0 fully saturated rings. The monoisotopic (exact) mass is 277 g/mol. The van der Waals surface area contributed by atoms with E-state index in [0.717, 1.165) is 24.3 Å². The Morgan fingerprint density at radius 2 is 1.95 bits per heavy atom. The summed E-state index contributed by atoms with van der Waals surface area (Å²) in [4.78, 5) is 0. The van der Waals surface area contributed by atoms with Gasteiger partial charge in [-0.05, 0) is 37.0 Å². The number of methoxy groups -OCH3 is 1. The summed E-state index contributed by atoms with van der Waals surface area (Å²) in [5.74, 6) is 1.40. The third-order valence-corrected chi connectivity index (χ3v) is 3.06. The highest BCUT2D eigenvalue weighted by atomic mass is 16.5. The van der Waals surface area contributed by atoms with Gasteiger partial charge < -0.3 is 15.2 Å². The largest absolute Gasteiger partial charge is 0.497 e. The van der Waals surface area contributed by atoms with E-state index in [9.17, 15) is 5.11 Å². The van der Waals surface area contributed by atoms with Crippen molar-refractivity contribution in [2.24, 2.45) is 5.92 Å². The molecule has 0 saturated heterocycles. The third kappa shape index (κ3) is 6.73. The molecule has 0 radical (unpaired) electrons. The summed E-state index contributed by atoms with van der Waals surface area (Å²) in [6, 6.07) is 7.99. The van der Waals surface area contributed by atoms with Gasteiger partial charge in [0.05, 0.1) is 13.2 Å². The van der Waals surface area contributed by atoms with Crippen molar-refractivity contribution in [1.82, 2.24) is 5.32 Å². The topological polar surface area (TPSA) is 41.5 Å². The Balaban J connectivity index is 2.37. The highest BCUT2D eigenvalue weighted by Crippen LogP contribution is 2.13. The minimum Gasteiger partial charge on any atom is -0.497 e. The second kappa shape index (κ2) is 8.77. The van der Waals surface area contributed by atoms with Crippen LogP contribution < -0.4 is 10.1 Å². The van der Waals surface area contributed by atoms with E-state index in [1.165, 1.54) is 5.57 Å². The Kier molecular flexibility index (Phi) is 7.34. The number of hydrogen-bond donors (Lipinski definition) is 2. The van der Waals surface area contributed by atoms with E-state index in [0.29, 0.717) is 12.5 Å². The van der Waals surface area contributed by atoms with Gasteiger partial charge in [0.25, 0.3) is 0 Å². The summed E-state index contributed by atoms with van der Waals surface area (Å²) in [6.07, 6.45) is 2.72. The molecule has 0 spiro atoms. The normalized spacial score (nSPS) is 13.6. The fourth-order valence-electron chi connectivity index (χ4n) is 2.10. The van der Waals surface area contributed by atoms with Gasteiger partial charge in [-0.25, -0.2) is 0 Å². The van der Waals surface area contributed by atoms with Gasteiger partial charge in [-0.3, -0.25) is 0 Å². The Morgan fingerprint density at radius 3 is 2.50 bits per heavy atom. The lowest BCUT2D eigenvalue weighted by Crippen LogP contribution is -2.28. The Labute approximate surface area is 122 Å².